The molecule has 2 fully saturated rings. The number of rotatable bonds is 12. The van der Waals surface area contributed by atoms with Crippen LogP contribution in [0, 0.1) is 27.1 Å². The van der Waals surface area contributed by atoms with Gasteiger partial charge in [0.15, 0.2) is 11.5 Å². The summed E-state index contributed by atoms with van der Waals surface area (Å²) in [4.78, 5) is 28.9. The number of nitrogens with one attached hydrogen (secondary N) is 1. The molecule has 2 aromatic rings. The summed E-state index contributed by atoms with van der Waals surface area (Å²) < 4.78 is 27.4. The van der Waals surface area contributed by atoms with E-state index in [1.807, 2.05) is 0 Å². The van der Waals surface area contributed by atoms with Crippen LogP contribution in [0.5, 0.6) is 11.5 Å². The van der Waals surface area contributed by atoms with Crippen molar-refractivity contribution >= 4 is 34.4 Å². The number of aliphatic hydroxyl groups excluding tert-OH is 3. The Bertz CT molecular complexity index is 1390. The number of ether oxygens (including phenoxy) is 2. The third-order valence-electron chi connectivity index (χ3n) is 9.28. The van der Waals surface area contributed by atoms with Crippen LogP contribution in [0.15, 0.2) is 48.0 Å². The number of hydrogen-bond donors (Lipinski definition) is 4. The molecule has 0 spiro atoms. The first-order valence-corrected chi connectivity index (χ1v) is 16.2. The van der Waals surface area contributed by atoms with Crippen LogP contribution >= 0.6 is 22.6 Å². The fourth-order valence-corrected chi connectivity index (χ4v) is 7.86. The van der Waals surface area contributed by atoms with Gasteiger partial charge in [-0.1, -0.05) is 24.6 Å². The Hall–Kier alpha value is -2.74. The highest BCUT2D eigenvalue weighted by Gasteiger charge is 2.44. The zero-order valence-electron chi connectivity index (χ0n) is 24.8. The second kappa shape index (κ2) is 14.6. The van der Waals surface area contributed by atoms with Crippen molar-refractivity contribution in [3.8, 4) is 11.5 Å². The van der Waals surface area contributed by atoms with Gasteiger partial charge in [-0.05, 0) is 89.4 Å². The van der Waals surface area contributed by atoms with Gasteiger partial charge in [0.25, 0.3) is 0 Å². The largest absolute Gasteiger partial charge is 0.493 e. The standard InChI is InChI=1S/C33H40FIN2O7/c1-43-29-13-20(18-39)12-26(35)32(29)44-28-15-24(33(42)36-8-9-38)14-27(31(28)41)37(17-22-4-2-3-5-25(22)34)30(40)16-23-11-19-6-7-21(23)10-19/h2-5,12-13,15,19,21,23,27-28,31,38-39,41H,6-11,14,16-18H2,1H3,(H,36,42)/t19?,21?,23?,27-,28+,31+/m1/s1. The normalized spacial score (nSPS) is 25.8. The molecule has 2 aromatic carbocycles. The molecule has 0 saturated heterocycles. The Balaban J connectivity index is 1.49. The average molecular weight is 723 g/mol. The third-order valence-corrected chi connectivity index (χ3v) is 10.1. The Kier molecular flexibility index (Phi) is 10.8. The minimum absolute atomic E-state index is 0.0207. The van der Waals surface area contributed by atoms with E-state index in [0.717, 1.165) is 19.3 Å². The van der Waals surface area contributed by atoms with Crippen LogP contribution in [0.4, 0.5) is 4.39 Å². The van der Waals surface area contributed by atoms with Crippen molar-refractivity contribution in [2.24, 2.45) is 17.8 Å². The molecule has 5 rings (SSSR count). The number of benzene rings is 2. The van der Waals surface area contributed by atoms with Crippen LogP contribution in [-0.2, 0) is 22.7 Å². The number of nitrogens with zero attached hydrogens (tertiary/aromatic N) is 1. The molecule has 0 radical (unpaired) electrons. The van der Waals surface area contributed by atoms with Gasteiger partial charge < -0.3 is 35.0 Å². The van der Waals surface area contributed by atoms with E-state index in [1.54, 1.807) is 30.3 Å². The predicted octanol–water partition coefficient (Wildman–Crippen LogP) is 3.70. The third kappa shape index (κ3) is 7.21. The number of carbonyl (C=O) groups is 2. The molecule has 2 saturated carbocycles. The van der Waals surface area contributed by atoms with E-state index in [9.17, 15) is 29.3 Å². The maximum atomic E-state index is 14.9. The maximum Gasteiger partial charge on any atom is 0.247 e. The van der Waals surface area contributed by atoms with E-state index >= 15 is 0 Å². The number of hydrogen-bond acceptors (Lipinski definition) is 7. The van der Waals surface area contributed by atoms with Gasteiger partial charge in [-0.25, -0.2) is 4.39 Å². The Morgan fingerprint density at radius 3 is 2.61 bits per heavy atom. The molecule has 44 heavy (non-hydrogen) atoms. The van der Waals surface area contributed by atoms with Crippen LogP contribution < -0.4 is 14.8 Å². The molecule has 0 aliphatic heterocycles. The fourth-order valence-electron chi connectivity index (χ4n) is 7.06. The lowest BCUT2D eigenvalue weighted by atomic mass is 9.84. The lowest BCUT2D eigenvalue weighted by molar-refractivity contribution is -0.141. The Morgan fingerprint density at radius 2 is 1.95 bits per heavy atom. The molecule has 4 N–H and O–H groups in total. The van der Waals surface area contributed by atoms with Gasteiger partial charge in [0, 0.05) is 37.1 Å². The molecule has 3 aliphatic carbocycles. The van der Waals surface area contributed by atoms with Crippen LogP contribution in [0.25, 0.3) is 0 Å². The first-order valence-electron chi connectivity index (χ1n) is 15.2. The van der Waals surface area contributed by atoms with E-state index in [2.05, 4.69) is 27.9 Å². The molecule has 9 nitrogen and oxygen atoms in total. The van der Waals surface area contributed by atoms with Gasteiger partial charge in [-0.2, -0.15) is 0 Å². The summed E-state index contributed by atoms with van der Waals surface area (Å²) in [7, 11) is 1.47. The van der Waals surface area contributed by atoms with Gasteiger partial charge >= 0.3 is 0 Å². The van der Waals surface area contributed by atoms with Crippen molar-refractivity contribution in [3.63, 3.8) is 0 Å². The Morgan fingerprint density at radius 1 is 1.16 bits per heavy atom. The number of carbonyl (C=O) groups excluding carboxylic acids is 2. The van der Waals surface area contributed by atoms with Crippen LogP contribution in [0.2, 0.25) is 0 Å². The molecular formula is C33H40FIN2O7. The lowest BCUT2D eigenvalue weighted by Gasteiger charge is -2.41. The predicted molar refractivity (Wildman–Crippen MR) is 169 cm³/mol. The highest BCUT2D eigenvalue weighted by atomic mass is 127. The molecule has 3 unspecified atom stereocenters. The van der Waals surface area contributed by atoms with Gasteiger partial charge in [0.1, 0.15) is 18.0 Å². The average Bonchev–Trinajstić information content (AvgIpc) is 3.65. The summed E-state index contributed by atoms with van der Waals surface area (Å²) in [5.74, 6) is 0.955. The maximum absolute atomic E-state index is 14.9. The molecule has 0 heterocycles. The minimum Gasteiger partial charge on any atom is -0.493 e. The Labute approximate surface area is 270 Å². The summed E-state index contributed by atoms with van der Waals surface area (Å²) in [5.41, 5.74) is 1.21. The van der Waals surface area contributed by atoms with Crippen molar-refractivity contribution in [3.05, 3.63) is 68.6 Å². The second-order valence-corrected chi connectivity index (χ2v) is 13.2. The van der Waals surface area contributed by atoms with Crippen LogP contribution in [0.1, 0.15) is 49.7 Å². The number of amides is 2. The first-order chi connectivity index (χ1) is 21.2. The number of aliphatic hydroxyl groups is 3. The van der Waals surface area contributed by atoms with Crippen molar-refractivity contribution in [2.45, 2.75) is 69.9 Å². The quantitative estimate of drug-likeness (QED) is 0.246. The zero-order chi connectivity index (χ0) is 31.4. The van der Waals surface area contributed by atoms with Crippen molar-refractivity contribution in [2.75, 3.05) is 20.3 Å². The second-order valence-electron chi connectivity index (χ2n) is 12.0. The molecule has 0 aromatic heterocycles. The highest BCUT2D eigenvalue weighted by Crippen LogP contribution is 2.50. The summed E-state index contributed by atoms with van der Waals surface area (Å²) in [6, 6.07) is 8.72. The van der Waals surface area contributed by atoms with E-state index < -0.39 is 30.0 Å². The van der Waals surface area contributed by atoms with Crippen molar-refractivity contribution in [1.82, 2.24) is 10.2 Å². The molecule has 3 aliphatic rings. The highest BCUT2D eigenvalue weighted by molar-refractivity contribution is 14.1. The van der Waals surface area contributed by atoms with Gasteiger partial charge in [0.2, 0.25) is 11.8 Å². The molecule has 11 heteroatoms. The van der Waals surface area contributed by atoms with Crippen molar-refractivity contribution in [1.29, 1.82) is 0 Å². The molecule has 2 amide bonds. The smallest absolute Gasteiger partial charge is 0.247 e. The van der Waals surface area contributed by atoms with Gasteiger partial charge in [-0.3, -0.25) is 9.59 Å². The van der Waals surface area contributed by atoms with Gasteiger partial charge in [-0.15, -0.1) is 0 Å². The van der Waals surface area contributed by atoms with Gasteiger partial charge in [0.05, 0.1) is 29.9 Å². The molecule has 238 valence electrons. The van der Waals surface area contributed by atoms with Crippen LogP contribution in [-0.4, -0.2) is 70.5 Å². The zero-order valence-corrected chi connectivity index (χ0v) is 26.9. The SMILES string of the molecule is COc1cc(CO)cc(I)c1O[C@H]1C=C(C(=O)NCCO)C[C@@H](N(Cc2ccccc2F)C(=O)CC2CC3CCC2C3)[C@@H]1O. The summed E-state index contributed by atoms with van der Waals surface area (Å²) in [6.45, 7) is -0.492. The van der Waals surface area contributed by atoms with E-state index in [1.165, 1.54) is 30.6 Å². The number of halogens is 2. The molecule has 2 bridgehead atoms. The van der Waals surface area contributed by atoms with Crippen LogP contribution in [0.3, 0.4) is 0 Å². The molecular weight excluding hydrogens is 682 g/mol. The van der Waals surface area contributed by atoms with Crippen molar-refractivity contribution < 1.29 is 38.8 Å². The summed E-state index contributed by atoms with van der Waals surface area (Å²) in [6.07, 6.45) is 3.98. The monoisotopic (exact) mass is 722 g/mol. The first kappa shape index (κ1) is 32.6. The fraction of sp³-hybridized carbons (Fsp3) is 0.515. The molecule has 6 atom stereocenters. The summed E-state index contributed by atoms with van der Waals surface area (Å²) in [5, 5.41) is 33.5. The van der Waals surface area contributed by atoms with E-state index in [-0.39, 0.29) is 50.1 Å². The van der Waals surface area contributed by atoms with E-state index in [4.69, 9.17) is 9.47 Å². The minimum atomic E-state index is -1.27. The van der Waals surface area contributed by atoms with E-state index in [0.29, 0.717) is 44.5 Å². The number of fused-ring (bicyclic) bond motifs is 2. The summed E-state index contributed by atoms with van der Waals surface area (Å²) >= 11 is 2.05. The topological polar surface area (TPSA) is 129 Å². The number of methoxy groups -OCH3 is 1. The lowest BCUT2D eigenvalue weighted by Crippen LogP contribution is -2.55.